The number of benzene rings is 2. The maximum Gasteiger partial charge on any atom is 0.198 e. The van der Waals surface area contributed by atoms with E-state index in [1.807, 2.05) is 48.5 Å². The zero-order valence-electron chi connectivity index (χ0n) is 16.2. The summed E-state index contributed by atoms with van der Waals surface area (Å²) in [6.45, 7) is 1.82. The second kappa shape index (κ2) is 10.1. The number of rotatable bonds is 6. The summed E-state index contributed by atoms with van der Waals surface area (Å²) in [4.78, 5) is 11.6. The first-order chi connectivity index (χ1) is 13.1. The van der Waals surface area contributed by atoms with Crippen LogP contribution in [0.4, 0.5) is 5.82 Å². The first kappa shape index (κ1) is 23.2. The Morgan fingerprint density at radius 3 is 2.59 bits per heavy atom. The number of fused-ring (bicyclic) bond motifs is 2. The summed E-state index contributed by atoms with van der Waals surface area (Å²) >= 11 is 6.41. The van der Waals surface area contributed by atoms with Gasteiger partial charge in [-0.1, -0.05) is 35.9 Å². The van der Waals surface area contributed by atoms with Crippen LogP contribution in [0, 0.1) is 0 Å². The highest BCUT2D eigenvalue weighted by Gasteiger charge is 2.14. The van der Waals surface area contributed by atoms with E-state index in [4.69, 9.17) is 21.0 Å². The molecule has 5 nitrogen and oxygen atoms in total. The SMILES string of the molecule is CN(C)CCCNc1nc(-c2cc3ccccc3o2)nc2c(Cl)cccc12.Cl.Cl. The fourth-order valence-electron chi connectivity index (χ4n) is 3.06. The molecule has 0 saturated heterocycles. The van der Waals surface area contributed by atoms with Crippen molar-refractivity contribution in [1.29, 1.82) is 0 Å². The van der Waals surface area contributed by atoms with Crippen molar-refractivity contribution in [2.24, 2.45) is 0 Å². The van der Waals surface area contributed by atoms with E-state index < -0.39 is 0 Å². The van der Waals surface area contributed by atoms with E-state index in [0.717, 1.165) is 47.2 Å². The van der Waals surface area contributed by atoms with Crippen LogP contribution in [0.2, 0.25) is 5.02 Å². The molecule has 0 bridgehead atoms. The number of nitrogens with zero attached hydrogens (tertiary/aromatic N) is 3. The highest BCUT2D eigenvalue weighted by Crippen LogP contribution is 2.31. The van der Waals surface area contributed by atoms with Gasteiger partial charge in [0.2, 0.25) is 0 Å². The number of hydrogen-bond donors (Lipinski definition) is 1. The van der Waals surface area contributed by atoms with Crippen molar-refractivity contribution in [2.75, 3.05) is 32.5 Å². The smallest absolute Gasteiger partial charge is 0.198 e. The van der Waals surface area contributed by atoms with Gasteiger partial charge in [-0.25, -0.2) is 9.97 Å². The second-order valence-corrected chi connectivity index (χ2v) is 7.17. The zero-order chi connectivity index (χ0) is 18.8. The highest BCUT2D eigenvalue weighted by molar-refractivity contribution is 6.35. The molecule has 154 valence electrons. The van der Waals surface area contributed by atoms with Gasteiger partial charge >= 0.3 is 0 Å². The van der Waals surface area contributed by atoms with E-state index in [2.05, 4.69) is 29.3 Å². The van der Waals surface area contributed by atoms with Crippen LogP contribution >= 0.6 is 36.4 Å². The molecular formula is C21H23Cl3N4O. The van der Waals surface area contributed by atoms with Gasteiger partial charge in [-0.15, -0.1) is 24.8 Å². The maximum atomic E-state index is 6.41. The van der Waals surface area contributed by atoms with Gasteiger partial charge < -0.3 is 14.6 Å². The van der Waals surface area contributed by atoms with Crippen LogP contribution in [-0.4, -0.2) is 42.1 Å². The van der Waals surface area contributed by atoms with Crippen molar-refractivity contribution in [2.45, 2.75) is 6.42 Å². The number of furan rings is 1. The number of aromatic nitrogens is 2. The maximum absolute atomic E-state index is 6.41. The molecule has 0 amide bonds. The van der Waals surface area contributed by atoms with E-state index in [9.17, 15) is 0 Å². The van der Waals surface area contributed by atoms with E-state index in [0.29, 0.717) is 16.6 Å². The Bertz CT molecular complexity index is 1060. The summed E-state index contributed by atoms with van der Waals surface area (Å²) in [5.74, 6) is 1.94. The summed E-state index contributed by atoms with van der Waals surface area (Å²) in [7, 11) is 4.14. The lowest BCUT2D eigenvalue weighted by Gasteiger charge is -2.12. The number of nitrogens with one attached hydrogen (secondary N) is 1. The molecule has 0 saturated carbocycles. The van der Waals surface area contributed by atoms with Crippen molar-refractivity contribution in [3.05, 3.63) is 53.6 Å². The molecule has 2 aromatic carbocycles. The molecule has 0 atom stereocenters. The topological polar surface area (TPSA) is 54.2 Å². The number of anilines is 1. The molecule has 0 radical (unpaired) electrons. The normalized spacial score (nSPS) is 10.8. The quantitative estimate of drug-likeness (QED) is 0.368. The molecule has 2 aromatic heterocycles. The lowest BCUT2D eigenvalue weighted by Crippen LogP contribution is -2.16. The van der Waals surface area contributed by atoms with Gasteiger partial charge in [-0.2, -0.15) is 0 Å². The molecule has 29 heavy (non-hydrogen) atoms. The Balaban J connectivity index is 0.00000150. The van der Waals surface area contributed by atoms with Gasteiger partial charge in [0.05, 0.1) is 10.5 Å². The number of para-hydroxylation sites is 2. The molecular weight excluding hydrogens is 431 g/mol. The molecule has 0 aliphatic rings. The van der Waals surface area contributed by atoms with Crippen molar-refractivity contribution in [3.8, 4) is 11.6 Å². The fraction of sp³-hybridized carbons (Fsp3) is 0.238. The molecule has 4 aromatic rings. The molecule has 1 N–H and O–H groups in total. The van der Waals surface area contributed by atoms with Gasteiger partial charge in [0.1, 0.15) is 11.4 Å². The lowest BCUT2D eigenvalue weighted by atomic mass is 10.2. The first-order valence-corrected chi connectivity index (χ1v) is 9.33. The Labute approximate surface area is 187 Å². The molecule has 8 heteroatoms. The third kappa shape index (κ3) is 5.11. The molecule has 0 fully saturated rings. The van der Waals surface area contributed by atoms with Gasteiger partial charge in [-0.3, -0.25) is 0 Å². The van der Waals surface area contributed by atoms with Crippen molar-refractivity contribution in [1.82, 2.24) is 14.9 Å². The highest BCUT2D eigenvalue weighted by atomic mass is 35.5. The summed E-state index contributed by atoms with van der Waals surface area (Å²) in [5.41, 5.74) is 1.54. The van der Waals surface area contributed by atoms with Crippen LogP contribution in [0.1, 0.15) is 6.42 Å². The average molecular weight is 454 g/mol. The lowest BCUT2D eigenvalue weighted by molar-refractivity contribution is 0.405. The monoisotopic (exact) mass is 452 g/mol. The van der Waals surface area contributed by atoms with Crippen molar-refractivity contribution < 1.29 is 4.42 Å². The summed E-state index contributed by atoms with van der Waals surface area (Å²) in [6, 6.07) is 15.6. The van der Waals surface area contributed by atoms with Crippen LogP contribution in [0.3, 0.4) is 0 Å². The molecule has 2 heterocycles. The Hall–Kier alpha value is -2.05. The van der Waals surface area contributed by atoms with E-state index in [-0.39, 0.29) is 24.8 Å². The molecule has 4 rings (SSSR count). The van der Waals surface area contributed by atoms with Gasteiger partial charge in [0.15, 0.2) is 11.6 Å². The van der Waals surface area contributed by atoms with Gasteiger partial charge in [0, 0.05) is 17.3 Å². The van der Waals surface area contributed by atoms with Crippen LogP contribution in [0.25, 0.3) is 33.5 Å². The third-order valence-corrected chi connectivity index (χ3v) is 4.70. The Morgan fingerprint density at radius 1 is 1.03 bits per heavy atom. The first-order valence-electron chi connectivity index (χ1n) is 8.95. The predicted octanol–water partition coefficient (Wildman–Crippen LogP) is 5.90. The molecule has 0 spiro atoms. The van der Waals surface area contributed by atoms with Crippen LogP contribution in [-0.2, 0) is 0 Å². The van der Waals surface area contributed by atoms with Gasteiger partial charge in [-0.05, 0) is 51.3 Å². The minimum Gasteiger partial charge on any atom is -0.453 e. The summed E-state index contributed by atoms with van der Waals surface area (Å²) in [6.07, 6.45) is 1.01. The summed E-state index contributed by atoms with van der Waals surface area (Å²) < 4.78 is 5.95. The second-order valence-electron chi connectivity index (χ2n) is 6.76. The average Bonchev–Trinajstić information content (AvgIpc) is 3.09. The minimum atomic E-state index is 0. The standard InChI is InChI=1S/C21H21ClN4O.2ClH/c1-26(2)12-6-11-23-20-15-8-5-9-16(22)19(15)24-21(25-20)18-13-14-7-3-4-10-17(14)27-18;;/h3-5,7-10,13H,6,11-12H2,1-2H3,(H,23,24,25);2*1H. The van der Waals surface area contributed by atoms with Gasteiger partial charge in [0.25, 0.3) is 0 Å². The van der Waals surface area contributed by atoms with Crippen LogP contribution in [0.15, 0.2) is 52.9 Å². The zero-order valence-corrected chi connectivity index (χ0v) is 18.6. The van der Waals surface area contributed by atoms with E-state index in [1.165, 1.54) is 0 Å². The third-order valence-electron chi connectivity index (χ3n) is 4.40. The Kier molecular flexibility index (Phi) is 8.11. The molecule has 0 aliphatic heterocycles. The van der Waals surface area contributed by atoms with Crippen molar-refractivity contribution >= 4 is 64.1 Å². The largest absolute Gasteiger partial charge is 0.453 e. The molecule has 0 aliphatic carbocycles. The van der Waals surface area contributed by atoms with Crippen LogP contribution < -0.4 is 5.32 Å². The molecule has 0 unspecified atom stereocenters. The van der Waals surface area contributed by atoms with Crippen LogP contribution in [0.5, 0.6) is 0 Å². The fourth-order valence-corrected chi connectivity index (χ4v) is 3.27. The van der Waals surface area contributed by atoms with E-state index in [1.54, 1.807) is 0 Å². The predicted molar refractivity (Wildman–Crippen MR) is 126 cm³/mol. The summed E-state index contributed by atoms with van der Waals surface area (Å²) in [5, 5.41) is 5.97. The van der Waals surface area contributed by atoms with Crippen molar-refractivity contribution in [3.63, 3.8) is 0 Å². The number of halogens is 3. The number of hydrogen-bond acceptors (Lipinski definition) is 5. The minimum absolute atomic E-state index is 0. The van der Waals surface area contributed by atoms with E-state index >= 15 is 0 Å². The Morgan fingerprint density at radius 2 is 1.83 bits per heavy atom.